The predicted molar refractivity (Wildman–Crippen MR) is 88.7 cm³/mol. The van der Waals surface area contributed by atoms with Crippen molar-refractivity contribution in [1.82, 2.24) is 0 Å². The third-order valence-corrected chi connectivity index (χ3v) is 4.01. The summed E-state index contributed by atoms with van der Waals surface area (Å²) in [5.41, 5.74) is 0.192. The fourth-order valence-corrected chi connectivity index (χ4v) is 2.73. The quantitative estimate of drug-likeness (QED) is 0.883. The summed E-state index contributed by atoms with van der Waals surface area (Å²) in [6.07, 6.45) is 1.79. The van der Waals surface area contributed by atoms with Crippen LogP contribution in [0.3, 0.4) is 0 Å². The van der Waals surface area contributed by atoms with Crippen LogP contribution in [-0.4, -0.2) is 26.1 Å². The van der Waals surface area contributed by atoms with Crippen LogP contribution >= 0.6 is 0 Å². The van der Waals surface area contributed by atoms with Crippen LogP contribution in [0.5, 0.6) is 11.5 Å². The lowest BCUT2D eigenvalue weighted by atomic mass is 9.85. The van der Waals surface area contributed by atoms with E-state index in [2.05, 4.69) is 0 Å². The van der Waals surface area contributed by atoms with Crippen molar-refractivity contribution in [3.05, 3.63) is 71.7 Å². The topological polar surface area (TPSA) is 57.2 Å². The van der Waals surface area contributed by atoms with E-state index >= 15 is 0 Å². The Morgan fingerprint density at radius 2 is 1.71 bits per heavy atom. The summed E-state index contributed by atoms with van der Waals surface area (Å²) >= 11 is 0. The van der Waals surface area contributed by atoms with Crippen LogP contribution in [0.25, 0.3) is 0 Å². The van der Waals surface area contributed by atoms with Crippen LogP contribution < -0.4 is 9.47 Å². The molecule has 2 aromatic rings. The van der Waals surface area contributed by atoms with E-state index in [1.165, 1.54) is 6.26 Å². The van der Waals surface area contributed by atoms with E-state index in [1.807, 2.05) is 30.3 Å². The second kappa shape index (κ2) is 6.84. The van der Waals surface area contributed by atoms with E-state index in [1.54, 1.807) is 32.4 Å². The van der Waals surface area contributed by atoms with Crippen molar-refractivity contribution < 1.29 is 24.1 Å². The van der Waals surface area contributed by atoms with Gasteiger partial charge in [-0.3, -0.25) is 0 Å². The summed E-state index contributed by atoms with van der Waals surface area (Å²) in [4.78, 5) is 0. The summed E-state index contributed by atoms with van der Waals surface area (Å²) < 4.78 is 21.3. The molecule has 126 valence electrons. The maximum Gasteiger partial charge on any atom is 0.230 e. The summed E-state index contributed by atoms with van der Waals surface area (Å²) in [6, 6.07) is 15.0. The molecule has 0 aromatic heterocycles. The molecule has 1 heterocycles. The summed E-state index contributed by atoms with van der Waals surface area (Å²) in [5, 5.41) is 11.5. The van der Waals surface area contributed by atoms with Gasteiger partial charge in [0.05, 0.1) is 14.2 Å². The van der Waals surface area contributed by atoms with E-state index in [9.17, 15) is 5.11 Å². The Morgan fingerprint density at radius 3 is 2.25 bits per heavy atom. The minimum atomic E-state index is -1.39. The molecule has 5 heteroatoms. The van der Waals surface area contributed by atoms with Crippen LogP contribution in [0.2, 0.25) is 0 Å². The number of hydrogen-bond donors (Lipinski definition) is 1. The molecule has 1 aliphatic heterocycles. The molecule has 24 heavy (non-hydrogen) atoms. The maximum atomic E-state index is 11.5. The van der Waals surface area contributed by atoms with Gasteiger partial charge in [0.25, 0.3) is 0 Å². The number of benzene rings is 2. The van der Waals surface area contributed by atoms with Gasteiger partial charge in [0.1, 0.15) is 17.8 Å². The minimum Gasteiger partial charge on any atom is -0.497 e. The van der Waals surface area contributed by atoms with Crippen molar-refractivity contribution in [3.8, 4) is 11.5 Å². The van der Waals surface area contributed by atoms with Gasteiger partial charge in [0.15, 0.2) is 11.4 Å². The lowest BCUT2D eigenvalue weighted by Crippen LogP contribution is -2.31. The maximum absolute atomic E-state index is 11.5. The van der Waals surface area contributed by atoms with E-state index in [4.69, 9.17) is 18.9 Å². The van der Waals surface area contributed by atoms with E-state index in [0.717, 1.165) is 5.56 Å². The highest BCUT2D eigenvalue weighted by atomic mass is 16.7. The van der Waals surface area contributed by atoms with E-state index in [-0.39, 0.29) is 6.79 Å². The number of ether oxygens (including phenoxy) is 4. The zero-order chi connectivity index (χ0) is 17.0. The van der Waals surface area contributed by atoms with Crippen molar-refractivity contribution >= 4 is 0 Å². The van der Waals surface area contributed by atoms with Crippen molar-refractivity contribution in [3.63, 3.8) is 0 Å². The van der Waals surface area contributed by atoms with Gasteiger partial charge >= 0.3 is 0 Å². The van der Waals surface area contributed by atoms with Crippen LogP contribution in [-0.2, 0) is 21.5 Å². The number of rotatable bonds is 6. The van der Waals surface area contributed by atoms with Gasteiger partial charge in [-0.2, -0.15) is 0 Å². The largest absolute Gasteiger partial charge is 0.497 e. The molecule has 0 fully saturated rings. The Labute approximate surface area is 141 Å². The zero-order valence-electron chi connectivity index (χ0n) is 13.7. The summed E-state index contributed by atoms with van der Waals surface area (Å²) in [7, 11) is 3.15. The second-order valence-electron chi connectivity index (χ2n) is 5.53. The molecule has 0 radical (unpaired) electrons. The summed E-state index contributed by atoms with van der Waals surface area (Å²) in [5.74, 6) is 1.55. The van der Waals surface area contributed by atoms with Gasteiger partial charge in [0.2, 0.25) is 6.79 Å². The molecule has 0 saturated carbocycles. The molecular formula is C19H20O5. The smallest absolute Gasteiger partial charge is 0.230 e. The number of hydrogen-bond acceptors (Lipinski definition) is 5. The SMILES string of the molecule is COc1cc(OC)cc(C(O)(Cc2ccccc2)C2=COCO2)c1. The van der Waals surface area contributed by atoms with Crippen LogP contribution in [0.1, 0.15) is 11.1 Å². The highest BCUT2D eigenvalue weighted by Crippen LogP contribution is 2.39. The third-order valence-electron chi connectivity index (χ3n) is 4.01. The standard InChI is InChI=1S/C19H20O5/c1-21-16-8-15(9-17(10-16)22-2)19(20,18-12-23-13-24-18)11-14-6-4-3-5-7-14/h3-10,12,20H,11,13H2,1-2H3. The van der Waals surface area contributed by atoms with E-state index < -0.39 is 5.60 Å². The lowest BCUT2D eigenvalue weighted by Gasteiger charge is -2.29. The Balaban J connectivity index is 2.07. The van der Waals surface area contributed by atoms with Gasteiger partial charge in [-0.15, -0.1) is 0 Å². The average molecular weight is 328 g/mol. The molecule has 3 rings (SSSR count). The van der Waals surface area contributed by atoms with Crippen molar-refractivity contribution in [2.45, 2.75) is 12.0 Å². The predicted octanol–water partition coefficient (Wildman–Crippen LogP) is 2.98. The first kappa shape index (κ1) is 16.2. The molecule has 0 amide bonds. The first-order chi connectivity index (χ1) is 11.7. The van der Waals surface area contributed by atoms with Gasteiger partial charge < -0.3 is 24.1 Å². The monoisotopic (exact) mass is 328 g/mol. The molecule has 5 nitrogen and oxygen atoms in total. The molecule has 1 atom stereocenters. The number of aliphatic hydroxyl groups is 1. The molecule has 0 aliphatic carbocycles. The molecular weight excluding hydrogens is 308 g/mol. The molecule has 1 aliphatic rings. The fourth-order valence-electron chi connectivity index (χ4n) is 2.73. The van der Waals surface area contributed by atoms with Crippen LogP contribution in [0, 0.1) is 0 Å². The highest BCUT2D eigenvalue weighted by molar-refractivity contribution is 5.44. The van der Waals surface area contributed by atoms with Crippen molar-refractivity contribution in [2.24, 2.45) is 0 Å². The second-order valence-corrected chi connectivity index (χ2v) is 5.53. The third kappa shape index (κ3) is 3.16. The van der Waals surface area contributed by atoms with Gasteiger partial charge in [-0.25, -0.2) is 0 Å². The molecule has 2 aromatic carbocycles. The van der Waals surface area contributed by atoms with Gasteiger partial charge in [0, 0.05) is 12.5 Å². The average Bonchev–Trinajstić information content (AvgIpc) is 3.17. The summed E-state index contributed by atoms with van der Waals surface area (Å²) in [6.45, 7) is 0.0908. The van der Waals surface area contributed by atoms with Gasteiger partial charge in [-0.05, 0) is 23.3 Å². The van der Waals surface area contributed by atoms with Gasteiger partial charge in [-0.1, -0.05) is 30.3 Å². The van der Waals surface area contributed by atoms with Crippen LogP contribution in [0.4, 0.5) is 0 Å². The molecule has 1 unspecified atom stereocenters. The zero-order valence-corrected chi connectivity index (χ0v) is 13.7. The Morgan fingerprint density at radius 1 is 1.04 bits per heavy atom. The normalized spacial score (nSPS) is 15.7. The van der Waals surface area contributed by atoms with Crippen molar-refractivity contribution in [2.75, 3.05) is 21.0 Å². The van der Waals surface area contributed by atoms with E-state index in [0.29, 0.717) is 29.2 Å². The van der Waals surface area contributed by atoms with Crippen LogP contribution in [0.15, 0.2) is 60.6 Å². The molecule has 1 N–H and O–H groups in total. The Kier molecular flexibility index (Phi) is 4.62. The molecule has 0 saturated heterocycles. The lowest BCUT2D eigenvalue weighted by molar-refractivity contribution is -0.00657. The van der Waals surface area contributed by atoms with Crippen molar-refractivity contribution in [1.29, 1.82) is 0 Å². The Bertz CT molecular complexity index is 704. The first-order valence-electron chi connectivity index (χ1n) is 7.60. The minimum absolute atomic E-state index is 0.0908. The number of methoxy groups -OCH3 is 2. The Hall–Kier alpha value is -2.66. The first-order valence-corrected chi connectivity index (χ1v) is 7.60. The highest BCUT2D eigenvalue weighted by Gasteiger charge is 2.39. The molecule has 0 bridgehead atoms. The fraction of sp³-hybridized carbons (Fsp3) is 0.263. The molecule has 0 spiro atoms.